The fourth-order valence-corrected chi connectivity index (χ4v) is 2.78. The molecule has 0 aromatic heterocycles. The van der Waals surface area contributed by atoms with Crippen LogP contribution in [0.2, 0.25) is 0 Å². The summed E-state index contributed by atoms with van der Waals surface area (Å²) in [4.78, 5) is 13.9. The van der Waals surface area contributed by atoms with Gasteiger partial charge in [-0.1, -0.05) is 15.9 Å². The Bertz CT molecular complexity index is 484. The lowest BCUT2D eigenvalue weighted by Gasteiger charge is -2.22. The minimum atomic E-state index is -0.456. The molecule has 0 aliphatic carbocycles. The van der Waals surface area contributed by atoms with Gasteiger partial charge in [-0.25, -0.2) is 4.39 Å². The van der Waals surface area contributed by atoms with E-state index in [2.05, 4.69) is 26.1 Å². The largest absolute Gasteiger partial charge is 0.395 e. The van der Waals surface area contributed by atoms with Crippen LogP contribution in [-0.2, 0) is 4.79 Å². The quantitative estimate of drug-likeness (QED) is 0.862. The van der Waals surface area contributed by atoms with Crippen LogP contribution in [-0.4, -0.2) is 41.7 Å². The van der Waals surface area contributed by atoms with Gasteiger partial charge >= 0.3 is 0 Å². The molecule has 1 aromatic rings. The van der Waals surface area contributed by atoms with Crippen molar-refractivity contribution in [3.63, 3.8) is 0 Å². The van der Waals surface area contributed by atoms with Gasteiger partial charge in [0.25, 0.3) is 0 Å². The summed E-state index contributed by atoms with van der Waals surface area (Å²) in [6.07, 6.45) is 2.32. The maximum Gasteiger partial charge on any atom is 0.225 e. The molecule has 1 amide bonds. The van der Waals surface area contributed by atoms with E-state index < -0.39 is 5.82 Å². The second-order valence-corrected chi connectivity index (χ2v) is 5.85. The maximum atomic E-state index is 13.6. The summed E-state index contributed by atoms with van der Waals surface area (Å²) in [7, 11) is 0. The van der Waals surface area contributed by atoms with E-state index in [1.165, 1.54) is 12.1 Å². The van der Waals surface area contributed by atoms with Crippen molar-refractivity contribution in [3.05, 3.63) is 28.5 Å². The van der Waals surface area contributed by atoms with Gasteiger partial charge in [-0.3, -0.25) is 9.69 Å². The highest BCUT2D eigenvalue weighted by Crippen LogP contribution is 2.20. The minimum Gasteiger partial charge on any atom is -0.395 e. The summed E-state index contributed by atoms with van der Waals surface area (Å²) in [5.74, 6) is -0.669. The Morgan fingerprint density at radius 3 is 3.05 bits per heavy atom. The molecule has 1 aromatic carbocycles. The third-order valence-electron chi connectivity index (χ3n) is 3.54. The van der Waals surface area contributed by atoms with Crippen LogP contribution in [0.1, 0.15) is 19.3 Å². The first-order valence-corrected chi connectivity index (χ1v) is 7.49. The van der Waals surface area contributed by atoms with Crippen LogP contribution in [0.25, 0.3) is 0 Å². The van der Waals surface area contributed by atoms with Gasteiger partial charge in [0.05, 0.1) is 12.3 Å². The summed E-state index contributed by atoms with van der Waals surface area (Å²) in [5, 5.41) is 11.8. The number of nitrogens with one attached hydrogen (secondary N) is 1. The zero-order valence-electron chi connectivity index (χ0n) is 11.1. The van der Waals surface area contributed by atoms with Crippen molar-refractivity contribution in [3.8, 4) is 0 Å². The number of carbonyl (C=O) groups excluding carboxylic acids is 1. The molecule has 1 fully saturated rings. The summed E-state index contributed by atoms with van der Waals surface area (Å²) >= 11 is 3.17. The molecule has 1 aliphatic heterocycles. The number of likely N-dealkylation sites (tertiary alicyclic amines) is 1. The molecule has 0 radical (unpaired) electrons. The highest BCUT2D eigenvalue weighted by molar-refractivity contribution is 9.10. The zero-order chi connectivity index (χ0) is 14.5. The molecular weight excluding hydrogens is 327 g/mol. The van der Waals surface area contributed by atoms with Crippen LogP contribution in [0.15, 0.2) is 22.7 Å². The van der Waals surface area contributed by atoms with Gasteiger partial charge in [-0.2, -0.15) is 0 Å². The lowest BCUT2D eigenvalue weighted by atomic mass is 10.2. The molecule has 0 saturated carbocycles. The molecule has 1 aliphatic rings. The van der Waals surface area contributed by atoms with E-state index in [1.807, 2.05) is 0 Å². The van der Waals surface area contributed by atoms with Crippen molar-refractivity contribution in [2.45, 2.75) is 25.3 Å². The smallest absolute Gasteiger partial charge is 0.225 e. The van der Waals surface area contributed by atoms with Gasteiger partial charge < -0.3 is 10.4 Å². The van der Waals surface area contributed by atoms with Gasteiger partial charge in [-0.05, 0) is 37.6 Å². The number of aliphatic hydroxyl groups excluding tert-OH is 1. The third kappa shape index (κ3) is 4.01. The highest BCUT2D eigenvalue weighted by atomic mass is 79.9. The molecule has 6 heteroatoms. The summed E-state index contributed by atoms with van der Waals surface area (Å²) in [6, 6.07) is 4.69. The van der Waals surface area contributed by atoms with Crippen LogP contribution < -0.4 is 5.32 Å². The molecule has 4 nitrogen and oxygen atoms in total. The second-order valence-electron chi connectivity index (χ2n) is 4.94. The zero-order valence-corrected chi connectivity index (χ0v) is 12.7. The van der Waals surface area contributed by atoms with Crippen molar-refractivity contribution in [1.29, 1.82) is 0 Å². The van der Waals surface area contributed by atoms with E-state index in [-0.39, 0.29) is 24.2 Å². The number of amides is 1. The average Bonchev–Trinajstić information content (AvgIpc) is 2.87. The first kappa shape index (κ1) is 15.4. The molecule has 2 N–H and O–H groups in total. The van der Waals surface area contributed by atoms with Gasteiger partial charge in [0.2, 0.25) is 5.91 Å². The molecule has 0 spiro atoms. The number of nitrogens with zero attached hydrogens (tertiary/aromatic N) is 1. The molecule has 1 atom stereocenters. The monoisotopic (exact) mass is 344 g/mol. The number of carbonyl (C=O) groups is 1. The molecule has 0 bridgehead atoms. The Labute approximate surface area is 126 Å². The molecule has 1 heterocycles. The Morgan fingerprint density at radius 1 is 1.55 bits per heavy atom. The minimum absolute atomic E-state index is 0.128. The van der Waals surface area contributed by atoms with Gasteiger partial charge in [0.1, 0.15) is 5.82 Å². The molecule has 2 rings (SSSR count). The fourth-order valence-electron chi connectivity index (χ4n) is 2.44. The lowest BCUT2D eigenvalue weighted by molar-refractivity contribution is -0.116. The normalized spacial score (nSPS) is 19.2. The van der Waals surface area contributed by atoms with Gasteiger partial charge in [0, 0.05) is 23.5 Å². The van der Waals surface area contributed by atoms with Crippen molar-refractivity contribution in [2.24, 2.45) is 0 Å². The van der Waals surface area contributed by atoms with E-state index in [1.54, 1.807) is 6.07 Å². The number of aliphatic hydroxyl groups is 1. The molecule has 0 unspecified atom stereocenters. The van der Waals surface area contributed by atoms with Crippen molar-refractivity contribution >= 4 is 27.5 Å². The van der Waals surface area contributed by atoms with Crippen LogP contribution in [0.3, 0.4) is 0 Å². The Kier molecular flexibility index (Phi) is 5.51. The molecule has 110 valence electrons. The SMILES string of the molecule is O=C(CCN1CCC[C@H]1CO)Nc1ccc(Br)cc1F. The van der Waals surface area contributed by atoms with E-state index in [4.69, 9.17) is 0 Å². The topological polar surface area (TPSA) is 52.6 Å². The number of halogens is 2. The predicted molar refractivity (Wildman–Crippen MR) is 79.0 cm³/mol. The first-order chi connectivity index (χ1) is 9.60. The predicted octanol–water partition coefficient (Wildman–Crippen LogP) is 2.37. The molecule has 20 heavy (non-hydrogen) atoms. The highest BCUT2D eigenvalue weighted by Gasteiger charge is 2.23. The number of hydrogen-bond acceptors (Lipinski definition) is 3. The first-order valence-electron chi connectivity index (χ1n) is 6.70. The number of anilines is 1. The van der Waals surface area contributed by atoms with Crippen LogP contribution in [0, 0.1) is 5.82 Å². The van der Waals surface area contributed by atoms with Crippen LogP contribution in [0.5, 0.6) is 0 Å². The lowest BCUT2D eigenvalue weighted by Crippen LogP contribution is -2.34. The van der Waals surface area contributed by atoms with Crippen molar-refractivity contribution in [2.75, 3.05) is 25.0 Å². The second kappa shape index (κ2) is 7.15. The van der Waals surface area contributed by atoms with Gasteiger partial charge in [0.15, 0.2) is 0 Å². The standard InChI is InChI=1S/C14H18BrFN2O2/c15-10-3-4-13(12(16)8-10)17-14(20)5-7-18-6-1-2-11(18)9-19/h3-4,8,11,19H,1-2,5-7,9H2,(H,17,20)/t11-/m0/s1. The van der Waals surface area contributed by atoms with E-state index in [9.17, 15) is 14.3 Å². The van der Waals surface area contributed by atoms with E-state index in [0.717, 1.165) is 19.4 Å². The Balaban J connectivity index is 1.83. The van der Waals surface area contributed by atoms with E-state index >= 15 is 0 Å². The average molecular weight is 345 g/mol. The number of hydrogen-bond donors (Lipinski definition) is 2. The van der Waals surface area contributed by atoms with Crippen LogP contribution >= 0.6 is 15.9 Å². The van der Waals surface area contributed by atoms with Crippen molar-refractivity contribution < 1.29 is 14.3 Å². The number of rotatable bonds is 5. The fraction of sp³-hybridized carbons (Fsp3) is 0.500. The summed E-state index contributed by atoms with van der Waals surface area (Å²) in [5.41, 5.74) is 0.193. The molecule has 1 saturated heterocycles. The third-order valence-corrected chi connectivity index (χ3v) is 4.03. The van der Waals surface area contributed by atoms with E-state index in [0.29, 0.717) is 17.4 Å². The van der Waals surface area contributed by atoms with Crippen molar-refractivity contribution in [1.82, 2.24) is 4.90 Å². The van der Waals surface area contributed by atoms with Crippen LogP contribution in [0.4, 0.5) is 10.1 Å². The Morgan fingerprint density at radius 2 is 2.35 bits per heavy atom. The maximum absolute atomic E-state index is 13.6. The summed E-state index contributed by atoms with van der Waals surface area (Å²) in [6.45, 7) is 1.63. The molecular formula is C14H18BrFN2O2. The summed E-state index contributed by atoms with van der Waals surface area (Å²) < 4.78 is 14.2. The Hall–Kier alpha value is -0.980. The number of benzene rings is 1. The van der Waals surface area contributed by atoms with Gasteiger partial charge in [-0.15, -0.1) is 0 Å².